The average molecular weight is 325 g/mol. The predicted molar refractivity (Wildman–Crippen MR) is 78.6 cm³/mol. The first-order valence-corrected chi connectivity index (χ1v) is 6.74. The SMILES string of the molecule is C=C(Br)C[C@H](NC(=O)CCc1ccccc1)C(N)=O. The number of nitrogens with two attached hydrogens (primary N) is 1. The summed E-state index contributed by atoms with van der Waals surface area (Å²) in [5.41, 5.74) is 6.31. The van der Waals surface area contributed by atoms with Gasteiger partial charge < -0.3 is 11.1 Å². The number of nitrogens with one attached hydrogen (secondary N) is 1. The number of carbonyl (C=O) groups excluding carboxylic acids is 2. The highest BCUT2D eigenvalue weighted by Crippen LogP contribution is 2.10. The van der Waals surface area contributed by atoms with E-state index in [0.717, 1.165) is 5.56 Å². The highest BCUT2D eigenvalue weighted by atomic mass is 79.9. The molecule has 1 atom stereocenters. The first-order valence-electron chi connectivity index (χ1n) is 5.95. The van der Waals surface area contributed by atoms with E-state index >= 15 is 0 Å². The topological polar surface area (TPSA) is 72.2 Å². The number of benzene rings is 1. The van der Waals surface area contributed by atoms with Crippen LogP contribution in [0.5, 0.6) is 0 Å². The van der Waals surface area contributed by atoms with Gasteiger partial charge in [-0.25, -0.2) is 0 Å². The first kappa shape index (κ1) is 15.4. The van der Waals surface area contributed by atoms with Crippen LogP contribution in [-0.4, -0.2) is 17.9 Å². The number of aryl methyl sites for hydroxylation is 1. The molecule has 0 fully saturated rings. The third kappa shape index (κ3) is 6.20. The Hall–Kier alpha value is -1.62. The molecule has 1 aromatic rings. The molecule has 1 aromatic carbocycles. The van der Waals surface area contributed by atoms with E-state index in [1.54, 1.807) is 0 Å². The molecule has 1 rings (SSSR count). The van der Waals surface area contributed by atoms with Crippen LogP contribution in [0.1, 0.15) is 18.4 Å². The number of hydrogen-bond donors (Lipinski definition) is 2. The molecule has 0 aromatic heterocycles. The van der Waals surface area contributed by atoms with Crippen LogP contribution in [0, 0.1) is 0 Å². The molecule has 0 aliphatic rings. The molecule has 3 N–H and O–H groups in total. The molecule has 4 nitrogen and oxygen atoms in total. The van der Waals surface area contributed by atoms with Crippen molar-refractivity contribution >= 4 is 27.7 Å². The number of halogens is 1. The summed E-state index contributed by atoms with van der Waals surface area (Å²) in [5.74, 6) is -0.755. The Labute approximate surface area is 121 Å². The average Bonchev–Trinajstić information content (AvgIpc) is 2.36. The number of rotatable bonds is 7. The molecule has 5 heteroatoms. The molecule has 0 saturated heterocycles. The molecular formula is C14H17BrN2O2. The fraction of sp³-hybridized carbons (Fsp3) is 0.286. The summed E-state index contributed by atoms with van der Waals surface area (Å²) in [6.45, 7) is 3.64. The summed E-state index contributed by atoms with van der Waals surface area (Å²) in [5, 5.41) is 2.61. The fourth-order valence-corrected chi connectivity index (χ4v) is 1.94. The highest BCUT2D eigenvalue weighted by Gasteiger charge is 2.18. The van der Waals surface area contributed by atoms with Crippen molar-refractivity contribution < 1.29 is 9.59 Å². The predicted octanol–water partition coefficient (Wildman–Crippen LogP) is 1.89. The van der Waals surface area contributed by atoms with Crippen molar-refractivity contribution in [1.29, 1.82) is 0 Å². The molecule has 0 heterocycles. The van der Waals surface area contributed by atoms with Crippen LogP contribution in [0.3, 0.4) is 0 Å². The second-order valence-corrected chi connectivity index (χ2v) is 5.35. The number of carbonyl (C=O) groups is 2. The minimum absolute atomic E-state index is 0.193. The Morgan fingerprint density at radius 1 is 1.32 bits per heavy atom. The third-order valence-electron chi connectivity index (χ3n) is 2.59. The second-order valence-electron chi connectivity index (χ2n) is 4.23. The standard InChI is InChI=1S/C14H17BrN2O2/c1-10(15)9-12(14(16)19)17-13(18)8-7-11-5-3-2-4-6-11/h2-6,12H,1,7-9H2,(H2,16,19)(H,17,18)/t12-/m0/s1. The summed E-state index contributed by atoms with van der Waals surface area (Å²) in [6.07, 6.45) is 1.25. The van der Waals surface area contributed by atoms with Gasteiger partial charge in [-0.05, 0) is 16.5 Å². The van der Waals surface area contributed by atoms with Gasteiger partial charge in [-0.2, -0.15) is 0 Å². The Morgan fingerprint density at radius 2 is 1.95 bits per heavy atom. The Bertz CT molecular complexity index is 460. The summed E-state index contributed by atoms with van der Waals surface area (Å²) < 4.78 is 0.625. The van der Waals surface area contributed by atoms with E-state index in [0.29, 0.717) is 23.7 Å². The minimum atomic E-state index is -0.713. The van der Waals surface area contributed by atoms with Gasteiger partial charge >= 0.3 is 0 Å². The molecule has 0 aliphatic heterocycles. The molecule has 19 heavy (non-hydrogen) atoms. The lowest BCUT2D eigenvalue weighted by Crippen LogP contribution is -2.44. The lowest BCUT2D eigenvalue weighted by atomic mass is 10.1. The molecule has 102 valence electrons. The molecule has 0 aliphatic carbocycles. The van der Waals surface area contributed by atoms with Gasteiger partial charge in [0.1, 0.15) is 6.04 Å². The smallest absolute Gasteiger partial charge is 0.240 e. The van der Waals surface area contributed by atoms with Crippen LogP contribution in [0.15, 0.2) is 41.4 Å². The van der Waals surface area contributed by atoms with E-state index in [4.69, 9.17) is 5.73 Å². The van der Waals surface area contributed by atoms with Crippen molar-refractivity contribution in [2.24, 2.45) is 5.73 Å². The van der Waals surface area contributed by atoms with Gasteiger partial charge in [0.05, 0.1) is 0 Å². The minimum Gasteiger partial charge on any atom is -0.368 e. The molecule has 0 unspecified atom stereocenters. The molecular weight excluding hydrogens is 308 g/mol. The van der Waals surface area contributed by atoms with Gasteiger partial charge in [-0.15, -0.1) is 0 Å². The quantitative estimate of drug-likeness (QED) is 0.803. The summed E-state index contributed by atoms with van der Waals surface area (Å²) >= 11 is 3.16. The fourth-order valence-electron chi connectivity index (χ4n) is 1.61. The summed E-state index contributed by atoms with van der Waals surface area (Å²) in [6, 6.07) is 8.98. The van der Waals surface area contributed by atoms with Crippen molar-refractivity contribution in [2.75, 3.05) is 0 Å². The zero-order valence-electron chi connectivity index (χ0n) is 10.6. The van der Waals surface area contributed by atoms with Gasteiger partial charge in [0.15, 0.2) is 0 Å². The van der Waals surface area contributed by atoms with E-state index in [2.05, 4.69) is 27.8 Å². The van der Waals surface area contributed by atoms with E-state index < -0.39 is 11.9 Å². The normalized spacial score (nSPS) is 11.6. The zero-order valence-corrected chi connectivity index (χ0v) is 12.2. The van der Waals surface area contributed by atoms with E-state index in [9.17, 15) is 9.59 Å². The highest BCUT2D eigenvalue weighted by molar-refractivity contribution is 9.11. The molecule has 0 bridgehead atoms. The maximum absolute atomic E-state index is 11.7. The lowest BCUT2D eigenvalue weighted by Gasteiger charge is -2.14. The molecule has 2 amide bonds. The van der Waals surface area contributed by atoms with E-state index in [-0.39, 0.29) is 5.91 Å². The van der Waals surface area contributed by atoms with E-state index in [1.807, 2.05) is 30.3 Å². The van der Waals surface area contributed by atoms with Crippen LogP contribution < -0.4 is 11.1 Å². The number of hydrogen-bond acceptors (Lipinski definition) is 2. The van der Waals surface area contributed by atoms with Gasteiger partial charge in [0.2, 0.25) is 11.8 Å². The van der Waals surface area contributed by atoms with Crippen molar-refractivity contribution in [2.45, 2.75) is 25.3 Å². The number of primary amides is 1. The van der Waals surface area contributed by atoms with Gasteiger partial charge in [0, 0.05) is 12.8 Å². The molecule has 0 saturated carbocycles. The largest absolute Gasteiger partial charge is 0.368 e. The van der Waals surface area contributed by atoms with Gasteiger partial charge in [-0.3, -0.25) is 9.59 Å². The van der Waals surface area contributed by atoms with Crippen molar-refractivity contribution in [3.8, 4) is 0 Å². The van der Waals surface area contributed by atoms with Crippen molar-refractivity contribution in [1.82, 2.24) is 5.32 Å². The monoisotopic (exact) mass is 324 g/mol. The van der Waals surface area contributed by atoms with E-state index in [1.165, 1.54) is 0 Å². The third-order valence-corrected chi connectivity index (χ3v) is 2.91. The number of amides is 2. The maximum Gasteiger partial charge on any atom is 0.240 e. The van der Waals surface area contributed by atoms with Gasteiger partial charge in [-0.1, -0.05) is 52.8 Å². The van der Waals surface area contributed by atoms with Crippen molar-refractivity contribution in [3.05, 3.63) is 47.0 Å². The second kappa shape index (κ2) is 7.74. The summed E-state index contributed by atoms with van der Waals surface area (Å²) in [7, 11) is 0. The Balaban J connectivity index is 2.45. The molecule has 0 spiro atoms. The van der Waals surface area contributed by atoms with Crippen LogP contribution in [-0.2, 0) is 16.0 Å². The maximum atomic E-state index is 11.7. The van der Waals surface area contributed by atoms with Crippen LogP contribution >= 0.6 is 15.9 Å². The van der Waals surface area contributed by atoms with Crippen LogP contribution in [0.25, 0.3) is 0 Å². The zero-order chi connectivity index (χ0) is 14.3. The lowest BCUT2D eigenvalue weighted by molar-refractivity contribution is -0.127. The van der Waals surface area contributed by atoms with Crippen LogP contribution in [0.2, 0.25) is 0 Å². The van der Waals surface area contributed by atoms with Gasteiger partial charge in [0.25, 0.3) is 0 Å². The Kier molecular flexibility index (Phi) is 6.29. The summed E-state index contributed by atoms with van der Waals surface area (Å²) in [4.78, 5) is 22.9. The van der Waals surface area contributed by atoms with Crippen molar-refractivity contribution in [3.63, 3.8) is 0 Å². The van der Waals surface area contributed by atoms with Crippen LogP contribution in [0.4, 0.5) is 0 Å². The first-order chi connectivity index (χ1) is 8.99. The Morgan fingerprint density at radius 3 is 2.47 bits per heavy atom. The molecule has 0 radical (unpaired) electrons.